The quantitative estimate of drug-likeness (QED) is 0.318. The molecule has 3 N–H and O–H groups in total. The first-order valence-electron chi connectivity index (χ1n) is 10.2. The molecule has 1 amide bonds. The fourth-order valence-corrected chi connectivity index (χ4v) is 3.62. The van der Waals surface area contributed by atoms with E-state index in [0.717, 1.165) is 43.4 Å². The van der Waals surface area contributed by atoms with Crippen LogP contribution in [0.2, 0.25) is 10.0 Å². The van der Waals surface area contributed by atoms with Gasteiger partial charge in [-0.05, 0) is 57.4 Å². The third kappa shape index (κ3) is 8.58. The highest BCUT2D eigenvalue weighted by atomic mass is 35.5. The zero-order chi connectivity index (χ0) is 24.8. The Labute approximate surface area is 201 Å². The number of nitrogens with two attached hydrogens (primary N) is 1. The summed E-state index contributed by atoms with van der Waals surface area (Å²) < 4.78 is 17.7. The zero-order valence-electron chi connectivity index (χ0n) is 18.6. The van der Waals surface area contributed by atoms with E-state index < -0.39 is 16.3 Å². The third-order valence-electron chi connectivity index (χ3n) is 4.65. The topological polar surface area (TPSA) is 111 Å². The lowest BCUT2D eigenvalue weighted by Gasteiger charge is -2.22. The van der Waals surface area contributed by atoms with E-state index in [0.29, 0.717) is 23.2 Å². The van der Waals surface area contributed by atoms with Crippen LogP contribution in [-0.4, -0.2) is 36.3 Å². The number of rotatable bonds is 4. The van der Waals surface area contributed by atoms with Gasteiger partial charge in [0.05, 0.1) is 20.7 Å². The number of anilines is 2. The maximum atomic E-state index is 12.4. The molecule has 1 saturated heterocycles. The number of nitrogens with zero attached hydrogens (tertiary/aromatic N) is 2. The van der Waals surface area contributed by atoms with Crippen molar-refractivity contribution in [2.45, 2.75) is 32.8 Å². The summed E-state index contributed by atoms with van der Waals surface area (Å²) in [5.74, 6) is -0.265. The molecule has 180 valence electrons. The Morgan fingerprint density at radius 1 is 1.27 bits per heavy atom. The number of halogens is 3. The van der Waals surface area contributed by atoms with Gasteiger partial charge in [0.25, 0.3) is 5.69 Å². The van der Waals surface area contributed by atoms with Crippen LogP contribution in [0.5, 0.6) is 0 Å². The Balaban J connectivity index is 0.000000294. The lowest BCUT2D eigenvalue weighted by Crippen LogP contribution is -2.36. The average Bonchev–Trinajstić information content (AvgIpc) is 3.16. The molecule has 1 atom stereocenters. The first-order chi connectivity index (χ1) is 15.4. The molecule has 1 heterocycles. The molecular formula is C22H27Cl2FN4O4. The number of carbonyl (C=O) groups excluding carboxylic acids is 1. The number of nitro groups is 1. The first-order valence-corrected chi connectivity index (χ1v) is 11.0. The second-order valence-corrected chi connectivity index (χ2v) is 9.36. The van der Waals surface area contributed by atoms with Crippen LogP contribution < -0.4 is 16.0 Å². The van der Waals surface area contributed by atoms with Crippen molar-refractivity contribution in [3.05, 3.63) is 62.4 Å². The molecule has 1 fully saturated rings. The van der Waals surface area contributed by atoms with Gasteiger partial charge in [0.15, 0.2) is 0 Å². The van der Waals surface area contributed by atoms with Crippen molar-refractivity contribution < 1.29 is 18.8 Å². The van der Waals surface area contributed by atoms with Crippen LogP contribution in [0.4, 0.5) is 26.2 Å². The number of ether oxygens (including phenoxy) is 1. The molecule has 3 rings (SSSR count). The Morgan fingerprint density at radius 3 is 2.55 bits per heavy atom. The Hall–Kier alpha value is -2.78. The van der Waals surface area contributed by atoms with Gasteiger partial charge >= 0.3 is 6.09 Å². The number of alkyl carbamates (subject to hydrolysis) is 1. The lowest BCUT2D eigenvalue weighted by atomic mass is 10.1. The molecular weight excluding hydrogens is 474 g/mol. The second kappa shape index (κ2) is 11.4. The van der Waals surface area contributed by atoms with E-state index in [-0.39, 0.29) is 16.8 Å². The highest BCUT2D eigenvalue weighted by molar-refractivity contribution is 6.33. The van der Waals surface area contributed by atoms with Crippen LogP contribution in [-0.2, 0) is 4.74 Å². The van der Waals surface area contributed by atoms with Crippen LogP contribution in [0.3, 0.4) is 0 Å². The highest BCUT2D eigenvalue weighted by Crippen LogP contribution is 2.31. The van der Waals surface area contributed by atoms with Crippen LogP contribution in [0.15, 0.2) is 36.4 Å². The molecule has 2 aromatic rings. The van der Waals surface area contributed by atoms with Crippen molar-refractivity contribution in [3.8, 4) is 0 Å². The first kappa shape index (κ1) is 26.5. The van der Waals surface area contributed by atoms with E-state index in [1.54, 1.807) is 6.07 Å². The average molecular weight is 501 g/mol. The fraction of sp³-hybridized carbons (Fsp3) is 0.409. The number of nitro benzene ring substituents is 1. The maximum Gasteiger partial charge on any atom is 0.407 e. The number of nitrogens with one attached hydrogen (secondary N) is 1. The van der Waals surface area contributed by atoms with Crippen molar-refractivity contribution in [2.75, 3.05) is 30.3 Å². The molecule has 8 nitrogen and oxygen atoms in total. The maximum absolute atomic E-state index is 12.4. The molecule has 11 heteroatoms. The van der Waals surface area contributed by atoms with Gasteiger partial charge in [-0.15, -0.1) is 0 Å². The van der Waals surface area contributed by atoms with Gasteiger partial charge in [-0.2, -0.15) is 0 Å². The molecule has 0 aliphatic carbocycles. The standard InChI is InChI=1S/C16H24ClN3O2.C6H3ClFNO2/c1-16(2,3)22-15(21)19-9-11-6-7-20(10-11)14-5-4-12(18)8-13(14)17;7-5-3-4(9(10)11)1-2-6(5)8/h4-5,8,11H,6-7,9-10,18H2,1-3H3,(H,19,21);1-3H. The van der Waals surface area contributed by atoms with E-state index in [1.165, 1.54) is 0 Å². The number of hydrogen-bond donors (Lipinski definition) is 2. The van der Waals surface area contributed by atoms with Gasteiger partial charge in [0.1, 0.15) is 11.4 Å². The molecule has 1 aliphatic heterocycles. The Kier molecular flexibility index (Phi) is 9.13. The number of nitrogen functional groups attached to an aromatic ring is 1. The van der Waals surface area contributed by atoms with Crippen LogP contribution in [0, 0.1) is 21.8 Å². The highest BCUT2D eigenvalue weighted by Gasteiger charge is 2.25. The van der Waals surface area contributed by atoms with Crippen molar-refractivity contribution >= 4 is 46.4 Å². The number of non-ortho nitro benzene ring substituents is 1. The summed E-state index contributed by atoms with van der Waals surface area (Å²) in [7, 11) is 0. The van der Waals surface area contributed by atoms with Crippen molar-refractivity contribution in [1.29, 1.82) is 0 Å². The van der Waals surface area contributed by atoms with Gasteiger partial charge < -0.3 is 20.7 Å². The summed E-state index contributed by atoms with van der Waals surface area (Å²) >= 11 is 11.5. The van der Waals surface area contributed by atoms with Crippen molar-refractivity contribution in [2.24, 2.45) is 5.92 Å². The summed E-state index contributed by atoms with van der Waals surface area (Å²) in [5.41, 5.74) is 6.70. The molecule has 1 aliphatic rings. The summed E-state index contributed by atoms with van der Waals surface area (Å²) in [4.78, 5) is 23.4. The smallest absolute Gasteiger partial charge is 0.407 e. The monoisotopic (exact) mass is 500 g/mol. The summed E-state index contributed by atoms with van der Waals surface area (Å²) in [5, 5.41) is 13.4. The van der Waals surface area contributed by atoms with E-state index in [1.807, 2.05) is 32.9 Å². The number of carbonyl (C=O) groups is 1. The predicted molar refractivity (Wildman–Crippen MR) is 128 cm³/mol. The Bertz CT molecular complexity index is 1000. The SMILES string of the molecule is CC(C)(C)OC(=O)NCC1CCN(c2ccc(N)cc2Cl)C1.O=[N+]([O-])c1ccc(F)c(Cl)c1. The Morgan fingerprint density at radius 2 is 1.97 bits per heavy atom. The fourth-order valence-electron chi connectivity index (χ4n) is 3.14. The minimum atomic E-state index is -0.655. The summed E-state index contributed by atoms with van der Waals surface area (Å²) in [6.45, 7) is 7.95. The summed E-state index contributed by atoms with van der Waals surface area (Å²) in [6.07, 6.45) is 0.646. The second-order valence-electron chi connectivity index (χ2n) is 8.55. The molecule has 33 heavy (non-hydrogen) atoms. The summed E-state index contributed by atoms with van der Waals surface area (Å²) in [6, 6.07) is 8.55. The van der Waals surface area contributed by atoms with Gasteiger partial charge in [0.2, 0.25) is 0 Å². The van der Waals surface area contributed by atoms with Crippen LogP contribution >= 0.6 is 23.2 Å². The van der Waals surface area contributed by atoms with Gasteiger partial charge in [-0.1, -0.05) is 23.2 Å². The zero-order valence-corrected chi connectivity index (χ0v) is 20.1. The van der Waals surface area contributed by atoms with Gasteiger partial charge in [-0.25, -0.2) is 9.18 Å². The molecule has 0 aromatic heterocycles. The van der Waals surface area contributed by atoms with E-state index in [2.05, 4.69) is 10.2 Å². The lowest BCUT2D eigenvalue weighted by molar-refractivity contribution is -0.384. The number of hydrogen-bond acceptors (Lipinski definition) is 6. The minimum absolute atomic E-state index is 0.212. The van der Waals surface area contributed by atoms with E-state index in [4.69, 9.17) is 33.7 Å². The van der Waals surface area contributed by atoms with Gasteiger partial charge in [0, 0.05) is 37.5 Å². The van der Waals surface area contributed by atoms with Crippen molar-refractivity contribution in [3.63, 3.8) is 0 Å². The van der Waals surface area contributed by atoms with Crippen LogP contribution in [0.1, 0.15) is 27.2 Å². The van der Waals surface area contributed by atoms with Crippen molar-refractivity contribution in [1.82, 2.24) is 5.32 Å². The molecule has 0 spiro atoms. The predicted octanol–water partition coefficient (Wildman–Crippen LogP) is 5.66. The number of benzene rings is 2. The normalized spacial score (nSPS) is 15.5. The molecule has 2 aromatic carbocycles. The molecule has 1 unspecified atom stereocenters. The number of amides is 1. The largest absolute Gasteiger partial charge is 0.444 e. The molecule has 0 radical (unpaired) electrons. The van der Waals surface area contributed by atoms with E-state index in [9.17, 15) is 19.3 Å². The molecule has 0 bridgehead atoms. The van der Waals surface area contributed by atoms with Crippen LogP contribution in [0.25, 0.3) is 0 Å². The molecule has 0 saturated carbocycles. The van der Waals surface area contributed by atoms with Gasteiger partial charge in [-0.3, -0.25) is 10.1 Å². The van der Waals surface area contributed by atoms with E-state index >= 15 is 0 Å². The minimum Gasteiger partial charge on any atom is -0.444 e. The third-order valence-corrected chi connectivity index (χ3v) is 5.24.